The molecule has 0 heterocycles. The molecule has 0 radical (unpaired) electrons. The van der Waals surface area contributed by atoms with Crippen LogP contribution in [-0.4, -0.2) is 24.2 Å². The topological polar surface area (TPSA) is 49.3 Å². The first-order valence-corrected chi connectivity index (χ1v) is 6.94. The Morgan fingerprint density at radius 3 is 2.83 bits per heavy atom. The fourth-order valence-corrected chi connectivity index (χ4v) is 2.18. The van der Waals surface area contributed by atoms with Gasteiger partial charge in [-0.1, -0.05) is 28.9 Å². The summed E-state index contributed by atoms with van der Waals surface area (Å²) in [6.45, 7) is 4.81. The van der Waals surface area contributed by atoms with Gasteiger partial charge in [-0.2, -0.15) is 0 Å². The lowest BCUT2D eigenvalue weighted by Crippen LogP contribution is -2.30. The molecule has 0 aliphatic rings. The summed E-state index contributed by atoms with van der Waals surface area (Å²) in [6, 6.07) is 5.93. The molecule has 3 nitrogen and oxygen atoms in total. The first-order chi connectivity index (χ1) is 8.52. The highest BCUT2D eigenvalue weighted by molar-refractivity contribution is 9.10. The van der Waals surface area contributed by atoms with Crippen LogP contribution < -0.4 is 5.32 Å². The van der Waals surface area contributed by atoms with Crippen LogP contribution in [0.15, 0.2) is 22.7 Å². The third kappa shape index (κ3) is 5.19. The van der Waals surface area contributed by atoms with Gasteiger partial charge in [0.05, 0.1) is 6.42 Å². The first-order valence-electron chi connectivity index (χ1n) is 6.15. The van der Waals surface area contributed by atoms with E-state index in [9.17, 15) is 4.79 Å². The van der Waals surface area contributed by atoms with Gasteiger partial charge in [0.25, 0.3) is 0 Å². The number of carbonyl (C=O) groups excluding carboxylic acids is 1. The molecule has 1 amide bonds. The first kappa shape index (κ1) is 15.2. The van der Waals surface area contributed by atoms with Gasteiger partial charge in [0.15, 0.2) is 0 Å². The molecule has 0 saturated heterocycles. The lowest BCUT2D eigenvalue weighted by Gasteiger charge is -2.12. The second-order valence-corrected chi connectivity index (χ2v) is 5.58. The predicted octanol–water partition coefficient (Wildman–Crippen LogP) is 2.43. The van der Waals surface area contributed by atoms with Crippen molar-refractivity contribution in [2.75, 3.05) is 13.2 Å². The number of hydrogen-bond acceptors (Lipinski definition) is 2. The SMILES string of the molecule is Cc1cc(Br)ccc1CC(=O)NCC(C)CCO. The average Bonchev–Trinajstić information content (AvgIpc) is 2.31. The van der Waals surface area contributed by atoms with Crippen molar-refractivity contribution in [1.29, 1.82) is 0 Å². The second kappa shape index (κ2) is 7.54. The smallest absolute Gasteiger partial charge is 0.224 e. The Kier molecular flexibility index (Phi) is 6.36. The monoisotopic (exact) mass is 313 g/mol. The molecule has 1 aromatic carbocycles. The van der Waals surface area contributed by atoms with Crippen molar-refractivity contribution in [2.45, 2.75) is 26.7 Å². The zero-order valence-electron chi connectivity index (χ0n) is 10.9. The molecule has 18 heavy (non-hydrogen) atoms. The number of nitrogens with one attached hydrogen (secondary N) is 1. The zero-order valence-corrected chi connectivity index (χ0v) is 12.5. The van der Waals surface area contributed by atoms with Crippen molar-refractivity contribution in [3.05, 3.63) is 33.8 Å². The molecule has 0 fully saturated rings. The molecule has 100 valence electrons. The molecule has 1 aromatic rings. The van der Waals surface area contributed by atoms with Gasteiger partial charge in [0.2, 0.25) is 5.91 Å². The van der Waals surface area contributed by atoms with E-state index in [1.165, 1.54) is 0 Å². The highest BCUT2D eigenvalue weighted by atomic mass is 79.9. The van der Waals surface area contributed by atoms with Gasteiger partial charge in [0, 0.05) is 17.6 Å². The molecular formula is C14H20BrNO2. The van der Waals surface area contributed by atoms with E-state index in [0.717, 1.165) is 22.0 Å². The molecule has 4 heteroatoms. The van der Waals surface area contributed by atoms with Crippen LogP contribution in [0, 0.1) is 12.8 Å². The number of hydrogen-bond donors (Lipinski definition) is 2. The van der Waals surface area contributed by atoms with Crippen LogP contribution in [0.2, 0.25) is 0 Å². The Hall–Kier alpha value is -0.870. The number of aryl methyl sites for hydroxylation is 1. The highest BCUT2D eigenvalue weighted by Gasteiger charge is 2.08. The summed E-state index contributed by atoms with van der Waals surface area (Å²) < 4.78 is 1.03. The molecule has 1 rings (SSSR count). The Labute approximate surface area is 117 Å². The minimum absolute atomic E-state index is 0.0326. The van der Waals surface area contributed by atoms with E-state index in [1.54, 1.807) is 0 Å². The van der Waals surface area contributed by atoms with E-state index in [-0.39, 0.29) is 12.5 Å². The maximum absolute atomic E-state index is 11.8. The number of amides is 1. The Morgan fingerprint density at radius 1 is 1.50 bits per heavy atom. The highest BCUT2D eigenvalue weighted by Crippen LogP contribution is 2.16. The minimum Gasteiger partial charge on any atom is -0.396 e. The molecular weight excluding hydrogens is 294 g/mol. The standard InChI is InChI=1S/C14H20BrNO2/c1-10(5-6-17)9-16-14(18)8-12-3-4-13(15)7-11(12)2/h3-4,7,10,17H,5-6,8-9H2,1-2H3,(H,16,18). The molecule has 0 aromatic heterocycles. The number of halogens is 1. The van der Waals surface area contributed by atoms with Crippen molar-refractivity contribution >= 4 is 21.8 Å². The van der Waals surface area contributed by atoms with Gasteiger partial charge in [-0.25, -0.2) is 0 Å². The van der Waals surface area contributed by atoms with Crippen molar-refractivity contribution in [3.63, 3.8) is 0 Å². The van der Waals surface area contributed by atoms with Gasteiger partial charge in [-0.05, 0) is 42.5 Å². The Bertz CT molecular complexity index is 407. The van der Waals surface area contributed by atoms with E-state index in [2.05, 4.69) is 21.2 Å². The van der Waals surface area contributed by atoms with Crippen LogP contribution in [0.5, 0.6) is 0 Å². The normalized spacial score (nSPS) is 12.2. The van der Waals surface area contributed by atoms with Gasteiger partial charge in [-0.3, -0.25) is 4.79 Å². The number of benzene rings is 1. The minimum atomic E-state index is 0.0326. The lowest BCUT2D eigenvalue weighted by atomic mass is 10.1. The summed E-state index contributed by atoms with van der Waals surface area (Å²) in [7, 11) is 0. The Balaban J connectivity index is 2.44. The second-order valence-electron chi connectivity index (χ2n) is 4.67. The van der Waals surface area contributed by atoms with E-state index in [4.69, 9.17) is 5.11 Å². The van der Waals surface area contributed by atoms with Crippen molar-refractivity contribution in [1.82, 2.24) is 5.32 Å². The fourth-order valence-electron chi connectivity index (χ4n) is 1.70. The summed E-state index contributed by atoms with van der Waals surface area (Å²) in [5.74, 6) is 0.343. The third-order valence-corrected chi connectivity index (χ3v) is 3.42. The largest absolute Gasteiger partial charge is 0.396 e. The lowest BCUT2D eigenvalue weighted by molar-refractivity contribution is -0.120. The van der Waals surface area contributed by atoms with Crippen molar-refractivity contribution < 1.29 is 9.90 Å². The van der Waals surface area contributed by atoms with Crippen molar-refractivity contribution in [3.8, 4) is 0 Å². The van der Waals surface area contributed by atoms with Gasteiger partial charge in [0.1, 0.15) is 0 Å². The third-order valence-electron chi connectivity index (χ3n) is 2.93. The van der Waals surface area contributed by atoms with Crippen LogP contribution in [0.1, 0.15) is 24.5 Å². The molecule has 0 aliphatic heterocycles. The Morgan fingerprint density at radius 2 is 2.22 bits per heavy atom. The van der Waals surface area contributed by atoms with Gasteiger partial charge in [-0.15, -0.1) is 0 Å². The molecule has 0 bridgehead atoms. The van der Waals surface area contributed by atoms with Crippen LogP contribution in [0.25, 0.3) is 0 Å². The maximum Gasteiger partial charge on any atom is 0.224 e. The number of carbonyl (C=O) groups is 1. The number of rotatable bonds is 6. The van der Waals surface area contributed by atoms with E-state index < -0.39 is 0 Å². The predicted molar refractivity (Wildman–Crippen MR) is 76.5 cm³/mol. The van der Waals surface area contributed by atoms with Gasteiger partial charge >= 0.3 is 0 Å². The summed E-state index contributed by atoms with van der Waals surface area (Å²) in [5, 5.41) is 11.7. The van der Waals surface area contributed by atoms with Gasteiger partial charge < -0.3 is 10.4 Å². The molecule has 1 atom stereocenters. The average molecular weight is 314 g/mol. The molecule has 0 saturated carbocycles. The molecule has 0 aliphatic carbocycles. The summed E-state index contributed by atoms with van der Waals surface area (Å²) in [4.78, 5) is 11.8. The molecule has 2 N–H and O–H groups in total. The fraction of sp³-hybridized carbons (Fsp3) is 0.500. The summed E-state index contributed by atoms with van der Waals surface area (Å²) in [5.41, 5.74) is 2.16. The van der Waals surface area contributed by atoms with E-state index in [0.29, 0.717) is 18.9 Å². The van der Waals surface area contributed by atoms with Crippen LogP contribution in [0.4, 0.5) is 0 Å². The maximum atomic E-state index is 11.8. The van der Waals surface area contributed by atoms with E-state index in [1.807, 2.05) is 32.0 Å². The molecule has 0 spiro atoms. The van der Waals surface area contributed by atoms with Crippen LogP contribution >= 0.6 is 15.9 Å². The van der Waals surface area contributed by atoms with Crippen LogP contribution in [0.3, 0.4) is 0 Å². The summed E-state index contributed by atoms with van der Waals surface area (Å²) >= 11 is 3.41. The van der Waals surface area contributed by atoms with E-state index >= 15 is 0 Å². The van der Waals surface area contributed by atoms with Crippen molar-refractivity contribution in [2.24, 2.45) is 5.92 Å². The summed E-state index contributed by atoms with van der Waals surface area (Å²) in [6.07, 6.45) is 1.13. The quantitative estimate of drug-likeness (QED) is 0.847. The molecule has 1 unspecified atom stereocenters. The zero-order chi connectivity index (χ0) is 13.5. The van der Waals surface area contributed by atoms with Crippen LogP contribution in [-0.2, 0) is 11.2 Å². The number of aliphatic hydroxyl groups excluding tert-OH is 1. The number of aliphatic hydroxyl groups is 1.